The zero-order valence-corrected chi connectivity index (χ0v) is 14.6. The number of benzene rings is 1. The van der Waals surface area contributed by atoms with Crippen LogP contribution in [0.15, 0.2) is 42.7 Å². The lowest BCUT2D eigenvalue weighted by atomic mass is 10.1. The van der Waals surface area contributed by atoms with Gasteiger partial charge >= 0.3 is 0 Å². The third kappa shape index (κ3) is 4.26. The van der Waals surface area contributed by atoms with Gasteiger partial charge in [0, 0.05) is 25.4 Å². The first-order valence-corrected chi connectivity index (χ1v) is 8.62. The standard InChI is InChI=1S/C18H18Cl2N2O2/c19-15-5-4-14(10-16(15)20)17-12-22(8-9-24-17)18(23)6-3-13-2-1-7-21-11-13/h1-2,4-5,7,10-11,17H,3,6,8-9,12H2. The molecule has 0 bridgehead atoms. The zero-order chi connectivity index (χ0) is 16.9. The van der Waals surface area contributed by atoms with E-state index in [-0.39, 0.29) is 12.0 Å². The largest absolute Gasteiger partial charge is 0.370 e. The second kappa shape index (κ2) is 7.97. The molecule has 6 heteroatoms. The van der Waals surface area contributed by atoms with Crippen molar-refractivity contribution in [1.82, 2.24) is 9.88 Å². The Bertz CT molecular complexity index is 709. The van der Waals surface area contributed by atoms with Crippen molar-refractivity contribution < 1.29 is 9.53 Å². The Morgan fingerprint density at radius 3 is 2.92 bits per heavy atom. The third-order valence-corrected chi connectivity index (χ3v) is 4.82. The molecule has 1 aromatic carbocycles. The summed E-state index contributed by atoms with van der Waals surface area (Å²) in [7, 11) is 0. The monoisotopic (exact) mass is 364 g/mol. The minimum Gasteiger partial charge on any atom is -0.370 e. The third-order valence-electron chi connectivity index (χ3n) is 4.08. The van der Waals surface area contributed by atoms with E-state index < -0.39 is 0 Å². The van der Waals surface area contributed by atoms with Gasteiger partial charge in [-0.2, -0.15) is 0 Å². The second-order valence-corrected chi connectivity index (χ2v) is 6.55. The number of hydrogen-bond acceptors (Lipinski definition) is 3. The van der Waals surface area contributed by atoms with Gasteiger partial charge in [0.05, 0.1) is 23.2 Å². The van der Waals surface area contributed by atoms with Crippen molar-refractivity contribution in [3.63, 3.8) is 0 Å². The number of rotatable bonds is 4. The molecule has 1 fully saturated rings. The first kappa shape index (κ1) is 17.2. The van der Waals surface area contributed by atoms with Crippen LogP contribution in [0.2, 0.25) is 10.0 Å². The highest BCUT2D eigenvalue weighted by molar-refractivity contribution is 6.42. The first-order valence-electron chi connectivity index (χ1n) is 7.87. The smallest absolute Gasteiger partial charge is 0.223 e. The molecule has 2 heterocycles. The molecule has 1 aromatic heterocycles. The number of morpholine rings is 1. The van der Waals surface area contributed by atoms with Crippen molar-refractivity contribution >= 4 is 29.1 Å². The molecule has 4 nitrogen and oxygen atoms in total. The average Bonchev–Trinajstić information content (AvgIpc) is 2.63. The molecule has 3 rings (SSSR count). The quantitative estimate of drug-likeness (QED) is 0.825. The summed E-state index contributed by atoms with van der Waals surface area (Å²) in [6.07, 6.45) is 4.53. The molecule has 1 aliphatic rings. The molecule has 0 spiro atoms. The summed E-state index contributed by atoms with van der Waals surface area (Å²) in [5, 5.41) is 1.01. The van der Waals surface area contributed by atoms with E-state index in [1.165, 1.54) is 0 Å². The van der Waals surface area contributed by atoms with E-state index in [1.54, 1.807) is 24.5 Å². The van der Waals surface area contributed by atoms with E-state index in [0.717, 1.165) is 11.1 Å². The number of carbonyl (C=O) groups excluding carboxylic acids is 1. The summed E-state index contributed by atoms with van der Waals surface area (Å²) in [6.45, 7) is 1.66. The summed E-state index contributed by atoms with van der Waals surface area (Å²) in [5.41, 5.74) is 2.01. The van der Waals surface area contributed by atoms with Crippen molar-refractivity contribution in [3.8, 4) is 0 Å². The number of ether oxygens (including phenoxy) is 1. The fourth-order valence-corrected chi connectivity index (χ4v) is 3.05. The molecule has 0 radical (unpaired) electrons. The van der Waals surface area contributed by atoms with Crippen LogP contribution < -0.4 is 0 Å². The van der Waals surface area contributed by atoms with E-state index >= 15 is 0 Å². The number of aryl methyl sites for hydroxylation is 1. The summed E-state index contributed by atoms with van der Waals surface area (Å²) < 4.78 is 5.80. The van der Waals surface area contributed by atoms with Crippen LogP contribution in [-0.4, -0.2) is 35.5 Å². The summed E-state index contributed by atoms with van der Waals surface area (Å²) in [6, 6.07) is 9.32. The molecule has 1 aliphatic heterocycles. The van der Waals surface area contributed by atoms with Gasteiger partial charge in [0.25, 0.3) is 0 Å². The van der Waals surface area contributed by atoms with Gasteiger partial charge in [0.15, 0.2) is 0 Å². The van der Waals surface area contributed by atoms with E-state index in [4.69, 9.17) is 27.9 Å². The molecular weight excluding hydrogens is 347 g/mol. The Kier molecular flexibility index (Phi) is 5.72. The van der Waals surface area contributed by atoms with Gasteiger partial charge in [-0.1, -0.05) is 35.3 Å². The van der Waals surface area contributed by atoms with Crippen LogP contribution in [0, 0.1) is 0 Å². The number of amides is 1. The Balaban J connectivity index is 1.60. The van der Waals surface area contributed by atoms with Crippen LogP contribution in [0.25, 0.3) is 0 Å². The Labute approximate surface area is 151 Å². The molecule has 126 valence electrons. The topological polar surface area (TPSA) is 42.4 Å². The number of aromatic nitrogens is 1. The summed E-state index contributed by atoms with van der Waals surface area (Å²) in [4.78, 5) is 18.4. The van der Waals surface area contributed by atoms with Gasteiger partial charge in [-0.15, -0.1) is 0 Å². The number of halogens is 2. The minimum atomic E-state index is -0.171. The maximum atomic E-state index is 12.5. The lowest BCUT2D eigenvalue weighted by Gasteiger charge is -2.33. The van der Waals surface area contributed by atoms with Gasteiger partial charge in [-0.3, -0.25) is 9.78 Å². The van der Waals surface area contributed by atoms with Crippen LogP contribution in [0.3, 0.4) is 0 Å². The molecule has 24 heavy (non-hydrogen) atoms. The van der Waals surface area contributed by atoms with Crippen molar-refractivity contribution in [2.75, 3.05) is 19.7 Å². The highest BCUT2D eigenvalue weighted by Crippen LogP contribution is 2.29. The zero-order valence-electron chi connectivity index (χ0n) is 13.1. The highest BCUT2D eigenvalue weighted by Gasteiger charge is 2.25. The lowest BCUT2D eigenvalue weighted by molar-refractivity contribution is -0.139. The predicted molar refractivity (Wildman–Crippen MR) is 94.3 cm³/mol. The molecule has 1 amide bonds. The molecule has 1 atom stereocenters. The van der Waals surface area contributed by atoms with Crippen LogP contribution >= 0.6 is 23.2 Å². The van der Waals surface area contributed by atoms with Crippen molar-refractivity contribution in [2.45, 2.75) is 18.9 Å². The van der Waals surface area contributed by atoms with Gasteiger partial charge in [0.2, 0.25) is 5.91 Å². The lowest BCUT2D eigenvalue weighted by Crippen LogP contribution is -2.42. The van der Waals surface area contributed by atoms with Gasteiger partial charge in [-0.05, 0) is 35.7 Å². The number of carbonyl (C=O) groups is 1. The SMILES string of the molecule is O=C(CCc1cccnc1)N1CCOC(c2ccc(Cl)c(Cl)c2)C1. The molecular formula is C18H18Cl2N2O2. The molecule has 2 aromatic rings. The van der Waals surface area contributed by atoms with Crippen molar-refractivity contribution in [1.29, 1.82) is 0 Å². The van der Waals surface area contributed by atoms with Gasteiger partial charge in [0.1, 0.15) is 6.10 Å². The van der Waals surface area contributed by atoms with Crippen LogP contribution in [0.4, 0.5) is 0 Å². The maximum absolute atomic E-state index is 12.5. The first-order chi connectivity index (χ1) is 11.6. The normalized spacial score (nSPS) is 17.8. The van der Waals surface area contributed by atoms with E-state index in [9.17, 15) is 4.79 Å². The van der Waals surface area contributed by atoms with E-state index in [0.29, 0.717) is 42.6 Å². The minimum absolute atomic E-state index is 0.132. The molecule has 1 unspecified atom stereocenters. The molecule has 0 aliphatic carbocycles. The van der Waals surface area contributed by atoms with Gasteiger partial charge < -0.3 is 9.64 Å². The Morgan fingerprint density at radius 1 is 1.29 bits per heavy atom. The van der Waals surface area contributed by atoms with Crippen molar-refractivity contribution in [3.05, 3.63) is 63.9 Å². The van der Waals surface area contributed by atoms with Gasteiger partial charge in [-0.25, -0.2) is 0 Å². The van der Waals surface area contributed by atoms with Crippen LogP contribution in [-0.2, 0) is 16.0 Å². The van der Waals surface area contributed by atoms with Crippen LogP contribution in [0.1, 0.15) is 23.7 Å². The maximum Gasteiger partial charge on any atom is 0.223 e. The molecule has 1 saturated heterocycles. The molecule has 0 saturated carbocycles. The van der Waals surface area contributed by atoms with Crippen molar-refractivity contribution in [2.24, 2.45) is 0 Å². The molecule has 0 N–H and O–H groups in total. The summed E-state index contributed by atoms with van der Waals surface area (Å²) in [5.74, 6) is 0.132. The predicted octanol–water partition coefficient (Wildman–Crippen LogP) is 3.92. The van der Waals surface area contributed by atoms with E-state index in [2.05, 4.69) is 4.98 Å². The Hall–Kier alpha value is -1.62. The second-order valence-electron chi connectivity index (χ2n) is 5.73. The van der Waals surface area contributed by atoms with Crippen LogP contribution in [0.5, 0.6) is 0 Å². The summed E-state index contributed by atoms with van der Waals surface area (Å²) >= 11 is 12.0. The fraction of sp³-hybridized carbons (Fsp3) is 0.333. The number of hydrogen-bond donors (Lipinski definition) is 0. The van der Waals surface area contributed by atoms with E-state index in [1.807, 2.05) is 23.1 Å². The number of pyridine rings is 1. The fourth-order valence-electron chi connectivity index (χ4n) is 2.75. The average molecular weight is 365 g/mol. The number of nitrogens with zero attached hydrogens (tertiary/aromatic N) is 2. The Morgan fingerprint density at radius 2 is 2.17 bits per heavy atom. The highest BCUT2D eigenvalue weighted by atomic mass is 35.5.